The summed E-state index contributed by atoms with van der Waals surface area (Å²) in [5.74, 6) is 0. The van der Waals surface area contributed by atoms with E-state index in [1.54, 1.807) is 6.20 Å². The van der Waals surface area contributed by atoms with Gasteiger partial charge in [0.1, 0.15) is 4.60 Å². The molecular weight excluding hydrogens is 290 g/mol. The van der Waals surface area contributed by atoms with Crippen LogP contribution in [0.2, 0.25) is 0 Å². The van der Waals surface area contributed by atoms with E-state index in [9.17, 15) is 0 Å². The standard InChI is InChI=1S/C14H16BrN3/c1-14(8-2-9-16-14)11-3-5-12(6-4-11)18-13(15)7-10-17-18/h3-7,10,16H,2,8-9H2,1H3. The van der Waals surface area contributed by atoms with Gasteiger partial charge in [0.15, 0.2) is 0 Å². The zero-order valence-corrected chi connectivity index (χ0v) is 11.9. The number of nitrogens with one attached hydrogen (secondary N) is 1. The summed E-state index contributed by atoms with van der Waals surface area (Å²) in [7, 11) is 0. The molecule has 1 aromatic heterocycles. The van der Waals surface area contributed by atoms with Crippen molar-refractivity contribution in [2.45, 2.75) is 25.3 Å². The molecule has 1 aliphatic heterocycles. The van der Waals surface area contributed by atoms with Crippen LogP contribution in [0.5, 0.6) is 0 Å². The summed E-state index contributed by atoms with van der Waals surface area (Å²) in [5, 5.41) is 7.87. The fraction of sp³-hybridized carbons (Fsp3) is 0.357. The summed E-state index contributed by atoms with van der Waals surface area (Å²) in [6.45, 7) is 3.39. The van der Waals surface area contributed by atoms with E-state index in [1.165, 1.54) is 18.4 Å². The Bertz CT molecular complexity index is 538. The van der Waals surface area contributed by atoms with Crippen LogP contribution in [0.25, 0.3) is 5.69 Å². The smallest absolute Gasteiger partial charge is 0.109 e. The molecule has 3 rings (SSSR count). The van der Waals surface area contributed by atoms with Gasteiger partial charge in [-0.1, -0.05) is 12.1 Å². The van der Waals surface area contributed by atoms with Crippen LogP contribution < -0.4 is 5.32 Å². The third-order valence-corrected chi connectivity index (χ3v) is 4.31. The van der Waals surface area contributed by atoms with Gasteiger partial charge in [-0.3, -0.25) is 0 Å². The summed E-state index contributed by atoms with van der Waals surface area (Å²) in [5.41, 5.74) is 2.57. The topological polar surface area (TPSA) is 29.9 Å². The highest BCUT2D eigenvalue weighted by molar-refractivity contribution is 9.10. The maximum atomic E-state index is 4.28. The fourth-order valence-corrected chi connectivity index (χ4v) is 3.00. The van der Waals surface area contributed by atoms with Crippen LogP contribution in [0.15, 0.2) is 41.1 Å². The van der Waals surface area contributed by atoms with Gasteiger partial charge in [-0.05, 0) is 66.0 Å². The quantitative estimate of drug-likeness (QED) is 0.923. The molecular formula is C14H16BrN3. The molecule has 1 aliphatic rings. The van der Waals surface area contributed by atoms with Crippen LogP contribution in [0, 0.1) is 0 Å². The number of halogens is 1. The van der Waals surface area contributed by atoms with Gasteiger partial charge >= 0.3 is 0 Å². The van der Waals surface area contributed by atoms with E-state index in [-0.39, 0.29) is 5.54 Å². The molecule has 0 radical (unpaired) electrons. The van der Waals surface area contributed by atoms with Crippen LogP contribution in [-0.4, -0.2) is 16.3 Å². The minimum atomic E-state index is 0.139. The van der Waals surface area contributed by atoms with Gasteiger partial charge in [-0.15, -0.1) is 0 Å². The second-order valence-electron chi connectivity index (χ2n) is 4.98. The first kappa shape index (κ1) is 11.9. The van der Waals surface area contributed by atoms with Crippen molar-refractivity contribution in [1.82, 2.24) is 15.1 Å². The lowest BCUT2D eigenvalue weighted by Gasteiger charge is -2.25. The van der Waals surface area contributed by atoms with Crippen molar-refractivity contribution >= 4 is 15.9 Å². The molecule has 0 saturated carbocycles. The van der Waals surface area contributed by atoms with Gasteiger partial charge in [0.25, 0.3) is 0 Å². The monoisotopic (exact) mass is 305 g/mol. The van der Waals surface area contributed by atoms with Crippen LogP contribution in [0.3, 0.4) is 0 Å². The van der Waals surface area contributed by atoms with Crippen LogP contribution in [-0.2, 0) is 5.54 Å². The third-order valence-electron chi connectivity index (χ3n) is 3.71. The Morgan fingerprint density at radius 1 is 1.28 bits per heavy atom. The normalized spacial score (nSPS) is 23.4. The van der Waals surface area contributed by atoms with Crippen molar-refractivity contribution in [3.05, 3.63) is 46.7 Å². The maximum Gasteiger partial charge on any atom is 0.109 e. The zero-order valence-electron chi connectivity index (χ0n) is 10.4. The molecule has 1 atom stereocenters. The molecule has 18 heavy (non-hydrogen) atoms. The predicted octanol–water partition coefficient (Wildman–Crippen LogP) is 3.23. The minimum Gasteiger partial charge on any atom is -0.308 e. The number of hydrogen-bond donors (Lipinski definition) is 1. The first-order valence-electron chi connectivity index (χ1n) is 6.24. The van der Waals surface area contributed by atoms with Gasteiger partial charge < -0.3 is 5.32 Å². The highest BCUT2D eigenvalue weighted by Crippen LogP contribution is 2.30. The first-order valence-corrected chi connectivity index (χ1v) is 7.04. The van der Waals surface area contributed by atoms with E-state index >= 15 is 0 Å². The second kappa shape index (κ2) is 4.52. The Labute approximate surface area is 115 Å². The molecule has 94 valence electrons. The average Bonchev–Trinajstić information content (AvgIpc) is 2.99. The van der Waals surface area contributed by atoms with E-state index in [0.717, 1.165) is 16.8 Å². The predicted molar refractivity (Wildman–Crippen MR) is 75.9 cm³/mol. The molecule has 2 heterocycles. The SMILES string of the molecule is CC1(c2ccc(-n3nccc3Br)cc2)CCCN1. The van der Waals surface area contributed by atoms with Crippen LogP contribution >= 0.6 is 15.9 Å². The Morgan fingerprint density at radius 2 is 2.06 bits per heavy atom. The second-order valence-corrected chi connectivity index (χ2v) is 5.79. The Kier molecular flexibility index (Phi) is 2.99. The van der Waals surface area contributed by atoms with Gasteiger partial charge in [-0.2, -0.15) is 5.10 Å². The third kappa shape index (κ3) is 1.99. The van der Waals surface area contributed by atoms with E-state index in [2.05, 4.69) is 57.5 Å². The summed E-state index contributed by atoms with van der Waals surface area (Å²) >= 11 is 3.49. The van der Waals surface area contributed by atoms with Gasteiger partial charge in [0, 0.05) is 5.54 Å². The van der Waals surface area contributed by atoms with E-state index in [1.807, 2.05) is 10.7 Å². The maximum absolute atomic E-state index is 4.28. The first-order chi connectivity index (χ1) is 8.69. The average molecular weight is 306 g/mol. The van der Waals surface area contributed by atoms with Crippen molar-refractivity contribution < 1.29 is 0 Å². The molecule has 2 aromatic rings. The zero-order chi connectivity index (χ0) is 12.6. The lowest BCUT2D eigenvalue weighted by Crippen LogP contribution is -2.32. The Morgan fingerprint density at radius 3 is 2.61 bits per heavy atom. The van der Waals surface area contributed by atoms with E-state index in [0.29, 0.717) is 0 Å². The van der Waals surface area contributed by atoms with Crippen molar-refractivity contribution in [3.8, 4) is 5.69 Å². The summed E-state index contributed by atoms with van der Waals surface area (Å²) < 4.78 is 2.86. The highest BCUT2D eigenvalue weighted by Gasteiger charge is 2.29. The number of aromatic nitrogens is 2. The van der Waals surface area contributed by atoms with Crippen molar-refractivity contribution in [2.75, 3.05) is 6.54 Å². The summed E-state index contributed by atoms with van der Waals surface area (Å²) in [4.78, 5) is 0. The molecule has 0 amide bonds. The lowest BCUT2D eigenvalue weighted by atomic mass is 9.90. The highest BCUT2D eigenvalue weighted by atomic mass is 79.9. The Balaban J connectivity index is 1.92. The fourth-order valence-electron chi connectivity index (χ4n) is 2.59. The molecule has 4 heteroatoms. The van der Waals surface area contributed by atoms with Gasteiger partial charge in [0.2, 0.25) is 0 Å². The molecule has 3 nitrogen and oxygen atoms in total. The van der Waals surface area contributed by atoms with Crippen LogP contribution in [0.1, 0.15) is 25.3 Å². The summed E-state index contributed by atoms with van der Waals surface area (Å²) in [6, 6.07) is 10.6. The molecule has 0 bridgehead atoms. The Hall–Kier alpha value is -1.13. The molecule has 1 saturated heterocycles. The molecule has 1 fully saturated rings. The van der Waals surface area contributed by atoms with Crippen molar-refractivity contribution in [1.29, 1.82) is 0 Å². The minimum absolute atomic E-state index is 0.139. The molecule has 1 N–H and O–H groups in total. The number of nitrogens with zero attached hydrogens (tertiary/aromatic N) is 2. The van der Waals surface area contributed by atoms with Crippen molar-refractivity contribution in [2.24, 2.45) is 0 Å². The lowest BCUT2D eigenvalue weighted by molar-refractivity contribution is 0.434. The van der Waals surface area contributed by atoms with E-state index < -0.39 is 0 Å². The largest absolute Gasteiger partial charge is 0.308 e. The van der Waals surface area contributed by atoms with Crippen molar-refractivity contribution in [3.63, 3.8) is 0 Å². The van der Waals surface area contributed by atoms with E-state index in [4.69, 9.17) is 0 Å². The molecule has 1 aromatic carbocycles. The molecule has 0 aliphatic carbocycles. The van der Waals surface area contributed by atoms with Crippen LogP contribution in [0.4, 0.5) is 0 Å². The summed E-state index contributed by atoms with van der Waals surface area (Å²) in [6.07, 6.45) is 4.25. The number of rotatable bonds is 2. The molecule has 0 spiro atoms. The van der Waals surface area contributed by atoms with Gasteiger partial charge in [0.05, 0.1) is 11.9 Å². The van der Waals surface area contributed by atoms with Gasteiger partial charge in [-0.25, -0.2) is 4.68 Å². The molecule has 1 unspecified atom stereocenters. The number of hydrogen-bond acceptors (Lipinski definition) is 2. The number of benzene rings is 1.